The number of rotatable bonds is 5. The fraction of sp³-hybridized carbons (Fsp3) is 0.400. The molecule has 1 aliphatic rings. The van der Waals surface area contributed by atoms with E-state index in [1.54, 1.807) is 28.3 Å². The van der Waals surface area contributed by atoms with Gasteiger partial charge < -0.3 is 5.32 Å². The molecule has 1 N–H and O–H groups in total. The van der Waals surface area contributed by atoms with E-state index >= 15 is 0 Å². The molecule has 2 aromatic heterocycles. The van der Waals surface area contributed by atoms with Gasteiger partial charge in [-0.3, -0.25) is 9.36 Å². The van der Waals surface area contributed by atoms with Crippen molar-refractivity contribution < 1.29 is 4.39 Å². The summed E-state index contributed by atoms with van der Waals surface area (Å²) in [6, 6.07) is 7.03. The second kappa shape index (κ2) is 7.29. The quantitative estimate of drug-likeness (QED) is 0.749. The highest BCUT2D eigenvalue weighted by Gasteiger charge is 2.24. The molecule has 6 heteroatoms. The van der Waals surface area contributed by atoms with Gasteiger partial charge in [-0.1, -0.05) is 19.1 Å². The zero-order valence-corrected chi connectivity index (χ0v) is 15.6. The van der Waals surface area contributed by atoms with Gasteiger partial charge in [0.2, 0.25) is 0 Å². The highest BCUT2D eigenvalue weighted by Crippen LogP contribution is 2.33. The van der Waals surface area contributed by atoms with Crippen molar-refractivity contribution in [3.8, 4) is 0 Å². The van der Waals surface area contributed by atoms with Gasteiger partial charge >= 0.3 is 0 Å². The maximum absolute atomic E-state index is 13.3. The Bertz CT molecular complexity index is 994. The molecule has 0 spiro atoms. The van der Waals surface area contributed by atoms with Gasteiger partial charge in [-0.25, -0.2) is 9.37 Å². The monoisotopic (exact) mass is 371 g/mol. The molecule has 26 heavy (non-hydrogen) atoms. The molecule has 0 bridgehead atoms. The summed E-state index contributed by atoms with van der Waals surface area (Å²) in [4.78, 5) is 19.7. The molecule has 4 rings (SSSR count). The maximum Gasteiger partial charge on any atom is 0.262 e. The molecule has 136 valence electrons. The number of benzene rings is 1. The van der Waals surface area contributed by atoms with Gasteiger partial charge in [0.05, 0.1) is 11.7 Å². The predicted molar refractivity (Wildman–Crippen MR) is 103 cm³/mol. The fourth-order valence-electron chi connectivity index (χ4n) is 3.77. The molecule has 0 aliphatic heterocycles. The highest BCUT2D eigenvalue weighted by atomic mass is 32.1. The van der Waals surface area contributed by atoms with Gasteiger partial charge in [0.1, 0.15) is 10.6 Å². The molecule has 0 amide bonds. The zero-order chi connectivity index (χ0) is 18.1. The minimum atomic E-state index is -0.245. The number of aromatic nitrogens is 2. The minimum absolute atomic E-state index is 0.0332. The molecule has 1 aromatic carbocycles. The fourth-order valence-corrected chi connectivity index (χ4v) is 5.02. The number of nitrogens with zero attached hydrogens (tertiary/aromatic N) is 2. The summed E-state index contributed by atoms with van der Waals surface area (Å²) in [5.74, 6) is -0.245. The lowest BCUT2D eigenvalue weighted by atomic mass is 9.93. The first kappa shape index (κ1) is 17.4. The molecule has 1 unspecified atom stereocenters. The molecular formula is C20H22FN3OS. The number of likely N-dealkylation sites (N-methyl/N-ethyl adjacent to an activating group) is 1. The molecule has 1 atom stereocenters. The van der Waals surface area contributed by atoms with Crippen molar-refractivity contribution in [3.63, 3.8) is 0 Å². The van der Waals surface area contributed by atoms with Crippen LogP contribution in [0.15, 0.2) is 35.4 Å². The topological polar surface area (TPSA) is 46.9 Å². The summed E-state index contributed by atoms with van der Waals surface area (Å²) in [5, 5.41) is 4.30. The Kier molecular flexibility index (Phi) is 4.87. The number of aryl methyl sites for hydroxylation is 3. The molecular weight excluding hydrogens is 349 g/mol. The van der Waals surface area contributed by atoms with Crippen LogP contribution in [0.5, 0.6) is 0 Å². The number of hydrogen-bond acceptors (Lipinski definition) is 4. The third kappa shape index (κ3) is 3.31. The third-order valence-electron chi connectivity index (χ3n) is 5.06. The van der Waals surface area contributed by atoms with E-state index in [4.69, 9.17) is 0 Å². The molecule has 0 fully saturated rings. The average molecular weight is 371 g/mol. The summed E-state index contributed by atoms with van der Waals surface area (Å²) in [5.41, 5.74) is 2.11. The van der Waals surface area contributed by atoms with E-state index in [0.29, 0.717) is 19.0 Å². The van der Waals surface area contributed by atoms with Crippen molar-refractivity contribution in [1.29, 1.82) is 0 Å². The lowest BCUT2D eigenvalue weighted by Crippen LogP contribution is -2.34. The number of fused-ring (bicyclic) bond motifs is 3. The van der Waals surface area contributed by atoms with E-state index in [0.717, 1.165) is 41.6 Å². The number of thiophene rings is 1. The lowest BCUT2D eigenvalue weighted by Gasteiger charge is -2.22. The van der Waals surface area contributed by atoms with Crippen molar-refractivity contribution in [2.75, 3.05) is 6.54 Å². The van der Waals surface area contributed by atoms with E-state index in [1.165, 1.54) is 22.6 Å². The van der Waals surface area contributed by atoms with Crippen LogP contribution in [0.2, 0.25) is 0 Å². The van der Waals surface area contributed by atoms with Crippen molar-refractivity contribution in [3.05, 3.63) is 62.8 Å². The van der Waals surface area contributed by atoms with Gasteiger partial charge in [-0.2, -0.15) is 0 Å². The number of nitrogens with one attached hydrogen (secondary N) is 1. The van der Waals surface area contributed by atoms with E-state index < -0.39 is 0 Å². The van der Waals surface area contributed by atoms with Crippen LogP contribution in [0.4, 0.5) is 4.39 Å². The standard InChI is InChI=1S/C20H22FN3OS/c1-2-22-15-6-7-16-17(11-15)26-19-18(16)20(25)24(12-23-19)9-8-13-4-3-5-14(21)10-13/h3-5,10,12,15,22H,2,6-9,11H2,1H3. The van der Waals surface area contributed by atoms with Crippen molar-refractivity contribution in [1.82, 2.24) is 14.9 Å². The minimum Gasteiger partial charge on any atom is -0.314 e. The van der Waals surface area contributed by atoms with Crippen LogP contribution in [-0.2, 0) is 25.8 Å². The number of hydrogen-bond donors (Lipinski definition) is 1. The van der Waals surface area contributed by atoms with E-state index in [1.807, 2.05) is 6.07 Å². The predicted octanol–water partition coefficient (Wildman–Crippen LogP) is 3.31. The average Bonchev–Trinajstić information content (AvgIpc) is 3.00. The van der Waals surface area contributed by atoms with Gasteiger partial charge in [0.15, 0.2) is 0 Å². The Morgan fingerprint density at radius 2 is 2.31 bits per heavy atom. The van der Waals surface area contributed by atoms with Crippen LogP contribution in [0.3, 0.4) is 0 Å². The summed E-state index contributed by atoms with van der Waals surface area (Å²) in [6.45, 7) is 3.60. The molecule has 3 aromatic rings. The van der Waals surface area contributed by atoms with Gasteiger partial charge in [-0.15, -0.1) is 11.3 Å². The Morgan fingerprint density at radius 1 is 1.42 bits per heavy atom. The van der Waals surface area contributed by atoms with Crippen LogP contribution in [0.1, 0.15) is 29.3 Å². The third-order valence-corrected chi connectivity index (χ3v) is 6.22. The second-order valence-corrected chi connectivity index (χ2v) is 7.89. The maximum atomic E-state index is 13.3. The van der Waals surface area contributed by atoms with Gasteiger partial charge in [0, 0.05) is 17.5 Å². The lowest BCUT2D eigenvalue weighted by molar-refractivity contribution is 0.476. The van der Waals surface area contributed by atoms with Crippen LogP contribution in [0, 0.1) is 5.82 Å². The van der Waals surface area contributed by atoms with E-state index in [2.05, 4.69) is 17.2 Å². The highest BCUT2D eigenvalue weighted by molar-refractivity contribution is 7.18. The Balaban J connectivity index is 1.62. The normalized spacial score (nSPS) is 16.8. The van der Waals surface area contributed by atoms with Gasteiger partial charge in [0.25, 0.3) is 5.56 Å². The summed E-state index contributed by atoms with van der Waals surface area (Å²) in [6.07, 6.45) is 5.21. The second-order valence-electron chi connectivity index (χ2n) is 6.80. The molecule has 0 radical (unpaired) electrons. The summed E-state index contributed by atoms with van der Waals surface area (Å²) >= 11 is 1.65. The Morgan fingerprint density at radius 3 is 3.12 bits per heavy atom. The largest absolute Gasteiger partial charge is 0.314 e. The Hall–Kier alpha value is -2.05. The van der Waals surface area contributed by atoms with Crippen molar-refractivity contribution in [2.45, 2.75) is 45.2 Å². The summed E-state index contributed by atoms with van der Waals surface area (Å²) in [7, 11) is 0. The summed E-state index contributed by atoms with van der Waals surface area (Å²) < 4.78 is 15.0. The van der Waals surface area contributed by atoms with E-state index in [9.17, 15) is 9.18 Å². The molecule has 2 heterocycles. The first-order valence-corrected chi connectivity index (χ1v) is 9.95. The van der Waals surface area contributed by atoms with Crippen LogP contribution in [-0.4, -0.2) is 22.1 Å². The number of halogens is 1. The molecule has 0 saturated carbocycles. The van der Waals surface area contributed by atoms with Gasteiger partial charge in [-0.05, 0) is 55.5 Å². The first-order valence-electron chi connectivity index (χ1n) is 9.13. The molecule has 4 nitrogen and oxygen atoms in total. The van der Waals surface area contributed by atoms with Crippen LogP contribution < -0.4 is 10.9 Å². The zero-order valence-electron chi connectivity index (χ0n) is 14.8. The SMILES string of the molecule is CCNC1CCc2c(sc3ncn(CCc4cccc(F)c4)c(=O)c23)C1. The van der Waals surface area contributed by atoms with Crippen molar-refractivity contribution in [2.24, 2.45) is 0 Å². The first-order chi connectivity index (χ1) is 12.7. The van der Waals surface area contributed by atoms with Crippen LogP contribution >= 0.6 is 11.3 Å². The van der Waals surface area contributed by atoms with E-state index in [-0.39, 0.29) is 11.4 Å². The molecule has 0 saturated heterocycles. The van der Waals surface area contributed by atoms with Crippen molar-refractivity contribution >= 4 is 21.6 Å². The van der Waals surface area contributed by atoms with Crippen LogP contribution in [0.25, 0.3) is 10.2 Å². The Labute approximate surface area is 155 Å². The molecule has 1 aliphatic carbocycles. The smallest absolute Gasteiger partial charge is 0.262 e.